The molecule has 4 N–H and O–H groups in total. The molecule has 0 aliphatic carbocycles. The zero-order chi connectivity index (χ0) is 11.8. The number of nitrogens with one attached hydrogen (secondary N) is 2. The van der Waals surface area contributed by atoms with Crippen LogP contribution in [0.3, 0.4) is 0 Å². The zero-order valence-corrected chi connectivity index (χ0v) is 9.28. The molecule has 1 aromatic heterocycles. The van der Waals surface area contributed by atoms with Gasteiger partial charge in [-0.2, -0.15) is 0 Å². The average molecular weight is 225 g/mol. The number of imidazole rings is 1. The Kier molecular flexibility index (Phi) is 2.56. The maximum Gasteiger partial charge on any atom is 0.280 e. The van der Waals surface area contributed by atoms with Gasteiger partial charge in [-0.1, -0.05) is 6.92 Å². The molecule has 0 saturated carbocycles. The molecule has 0 saturated heterocycles. The minimum atomic E-state index is -1.35. The van der Waals surface area contributed by atoms with Crippen LogP contribution in [0.15, 0.2) is 6.33 Å². The number of ether oxygens (including phenoxy) is 1. The summed E-state index contributed by atoms with van der Waals surface area (Å²) in [4.78, 5) is 15.7. The highest BCUT2D eigenvalue weighted by atomic mass is 16.5. The Morgan fingerprint density at radius 3 is 3.06 bits per heavy atom. The summed E-state index contributed by atoms with van der Waals surface area (Å²) in [6.07, 6.45) is 2.36. The summed E-state index contributed by atoms with van der Waals surface area (Å²) < 4.78 is 7.05. The number of fused-ring (bicyclic) bond motifs is 1. The molecule has 0 aromatic carbocycles. The summed E-state index contributed by atoms with van der Waals surface area (Å²) in [5, 5.41) is 5.44. The fourth-order valence-corrected chi connectivity index (χ4v) is 1.51. The van der Waals surface area contributed by atoms with Gasteiger partial charge in [-0.05, 0) is 6.42 Å². The molecule has 2 rings (SSSR count). The van der Waals surface area contributed by atoms with E-state index >= 15 is 0 Å². The third-order valence-electron chi connectivity index (χ3n) is 2.29. The average Bonchev–Trinajstić information content (AvgIpc) is 2.58. The van der Waals surface area contributed by atoms with E-state index in [4.69, 9.17) is 10.5 Å². The molecule has 7 heteroatoms. The normalized spacial score (nSPS) is 23.6. The van der Waals surface area contributed by atoms with Gasteiger partial charge in [0.25, 0.3) is 11.9 Å². The second-order valence-electron chi connectivity index (χ2n) is 3.72. The van der Waals surface area contributed by atoms with E-state index in [1.54, 1.807) is 17.9 Å². The first-order valence-electron chi connectivity index (χ1n) is 5.10. The van der Waals surface area contributed by atoms with Gasteiger partial charge in [-0.15, -0.1) is 0 Å². The zero-order valence-electron chi connectivity index (χ0n) is 9.28. The van der Waals surface area contributed by atoms with E-state index in [1.165, 1.54) is 0 Å². The lowest BCUT2D eigenvalue weighted by Gasteiger charge is -2.34. The molecular weight excluding hydrogens is 210 g/mol. The summed E-state index contributed by atoms with van der Waals surface area (Å²) in [6.45, 7) is 2.42. The lowest BCUT2D eigenvalue weighted by molar-refractivity contribution is -0.0414. The van der Waals surface area contributed by atoms with Crippen molar-refractivity contribution in [2.24, 2.45) is 12.8 Å². The van der Waals surface area contributed by atoms with Gasteiger partial charge in [0.05, 0.1) is 12.9 Å². The Bertz CT molecular complexity index is 416. The molecule has 1 unspecified atom stereocenters. The van der Waals surface area contributed by atoms with E-state index in [9.17, 15) is 4.79 Å². The first-order valence-corrected chi connectivity index (χ1v) is 5.10. The highest BCUT2D eigenvalue weighted by Gasteiger charge is 2.37. The van der Waals surface area contributed by atoms with E-state index in [1.807, 2.05) is 6.92 Å². The summed E-state index contributed by atoms with van der Waals surface area (Å²) in [5.41, 5.74) is 6.19. The Balaban J connectivity index is 2.25. The molecule has 1 amide bonds. The van der Waals surface area contributed by atoms with Crippen LogP contribution in [0.25, 0.3) is 0 Å². The van der Waals surface area contributed by atoms with Crippen molar-refractivity contribution in [3.05, 3.63) is 12.0 Å². The van der Waals surface area contributed by atoms with Crippen molar-refractivity contribution < 1.29 is 9.53 Å². The quantitative estimate of drug-likeness (QED) is 0.607. The van der Waals surface area contributed by atoms with Crippen molar-refractivity contribution in [1.29, 1.82) is 0 Å². The van der Waals surface area contributed by atoms with Crippen LogP contribution in [0, 0.1) is 0 Å². The number of carbonyl (C=O) groups is 1. The van der Waals surface area contributed by atoms with Crippen molar-refractivity contribution in [1.82, 2.24) is 14.9 Å². The summed E-state index contributed by atoms with van der Waals surface area (Å²) in [7, 11) is 1.78. The molecule has 1 aromatic rings. The topological polar surface area (TPSA) is 94.2 Å². The molecule has 2 heterocycles. The standard InChI is InChI=1S/C9H15N5O2/c1-3-4-16-9(10)12-7-6(8(15)13-9)11-5-14(7)2/h5,12H,3-4,10H2,1-2H3,(H,13,15). The highest BCUT2D eigenvalue weighted by Crippen LogP contribution is 2.21. The van der Waals surface area contributed by atoms with Gasteiger partial charge in [-0.3, -0.25) is 15.8 Å². The van der Waals surface area contributed by atoms with Crippen LogP contribution in [0.4, 0.5) is 5.82 Å². The Morgan fingerprint density at radius 2 is 2.38 bits per heavy atom. The van der Waals surface area contributed by atoms with Crippen LogP contribution >= 0.6 is 0 Å². The molecule has 16 heavy (non-hydrogen) atoms. The van der Waals surface area contributed by atoms with E-state index in [0.29, 0.717) is 18.1 Å². The first kappa shape index (κ1) is 10.9. The number of aromatic nitrogens is 2. The van der Waals surface area contributed by atoms with E-state index in [-0.39, 0.29) is 5.91 Å². The van der Waals surface area contributed by atoms with Gasteiger partial charge in [0.2, 0.25) is 0 Å². The van der Waals surface area contributed by atoms with Crippen LogP contribution in [0.5, 0.6) is 0 Å². The number of hydrogen-bond donors (Lipinski definition) is 3. The molecule has 0 spiro atoms. The fourth-order valence-electron chi connectivity index (χ4n) is 1.51. The number of amides is 1. The maximum absolute atomic E-state index is 11.7. The predicted octanol–water partition coefficient (Wildman–Crippen LogP) is -0.428. The van der Waals surface area contributed by atoms with Gasteiger partial charge in [0, 0.05) is 7.05 Å². The molecule has 1 atom stereocenters. The molecule has 1 aliphatic heterocycles. The van der Waals surface area contributed by atoms with Gasteiger partial charge in [-0.25, -0.2) is 4.98 Å². The molecule has 0 bridgehead atoms. The first-order chi connectivity index (χ1) is 7.56. The maximum atomic E-state index is 11.7. The highest BCUT2D eigenvalue weighted by molar-refractivity contribution is 5.99. The number of aryl methyl sites for hydroxylation is 1. The lowest BCUT2D eigenvalue weighted by Crippen LogP contribution is -2.66. The monoisotopic (exact) mass is 225 g/mol. The van der Waals surface area contributed by atoms with Crippen molar-refractivity contribution in [3.63, 3.8) is 0 Å². The molecular formula is C9H15N5O2. The van der Waals surface area contributed by atoms with Gasteiger partial charge in [0.1, 0.15) is 5.82 Å². The van der Waals surface area contributed by atoms with Crippen LogP contribution < -0.4 is 16.4 Å². The molecule has 1 aliphatic rings. The summed E-state index contributed by atoms with van der Waals surface area (Å²) >= 11 is 0. The molecule has 88 valence electrons. The van der Waals surface area contributed by atoms with Crippen molar-refractivity contribution >= 4 is 11.7 Å². The molecule has 7 nitrogen and oxygen atoms in total. The number of nitrogens with two attached hydrogens (primary N) is 1. The molecule has 0 radical (unpaired) electrons. The van der Waals surface area contributed by atoms with E-state index in [2.05, 4.69) is 15.6 Å². The lowest BCUT2D eigenvalue weighted by atomic mass is 10.3. The summed E-state index contributed by atoms with van der Waals surface area (Å²) in [6, 6.07) is 0. The van der Waals surface area contributed by atoms with Gasteiger partial charge in [0.15, 0.2) is 5.69 Å². The number of nitrogens with zero attached hydrogens (tertiary/aromatic N) is 2. The third-order valence-corrected chi connectivity index (χ3v) is 2.29. The van der Waals surface area contributed by atoms with Crippen LogP contribution in [-0.2, 0) is 11.8 Å². The number of anilines is 1. The van der Waals surface area contributed by atoms with Crippen LogP contribution in [0.1, 0.15) is 23.8 Å². The smallest absolute Gasteiger partial charge is 0.280 e. The number of hydrogen-bond acceptors (Lipinski definition) is 5. The van der Waals surface area contributed by atoms with Gasteiger partial charge >= 0.3 is 0 Å². The second kappa shape index (κ2) is 3.76. The Labute approximate surface area is 93.0 Å². The predicted molar refractivity (Wildman–Crippen MR) is 57.5 cm³/mol. The van der Waals surface area contributed by atoms with Gasteiger partial charge < -0.3 is 14.6 Å². The summed E-state index contributed by atoms with van der Waals surface area (Å²) in [5.74, 6) is -1.14. The second-order valence-corrected chi connectivity index (χ2v) is 3.72. The van der Waals surface area contributed by atoms with E-state index in [0.717, 1.165) is 6.42 Å². The van der Waals surface area contributed by atoms with Crippen molar-refractivity contribution in [2.45, 2.75) is 19.3 Å². The third kappa shape index (κ3) is 1.74. The fraction of sp³-hybridized carbons (Fsp3) is 0.556. The van der Waals surface area contributed by atoms with Crippen molar-refractivity contribution in [3.8, 4) is 0 Å². The van der Waals surface area contributed by atoms with Crippen LogP contribution in [-0.4, -0.2) is 28.0 Å². The van der Waals surface area contributed by atoms with Crippen LogP contribution in [0.2, 0.25) is 0 Å². The van der Waals surface area contributed by atoms with Crippen molar-refractivity contribution in [2.75, 3.05) is 11.9 Å². The Morgan fingerprint density at radius 1 is 1.62 bits per heavy atom. The largest absolute Gasteiger partial charge is 0.326 e. The molecule has 0 fully saturated rings. The minimum Gasteiger partial charge on any atom is -0.326 e. The SMILES string of the molecule is CCCOC1(N)NC(=O)c2ncn(C)c2N1. The Hall–Kier alpha value is -1.60. The van der Waals surface area contributed by atoms with E-state index < -0.39 is 5.97 Å². The number of carbonyl (C=O) groups excluding carboxylic acids is 1. The number of rotatable bonds is 3. The minimum absolute atomic E-state index is 0.323.